The summed E-state index contributed by atoms with van der Waals surface area (Å²) >= 11 is 0. The van der Waals surface area contributed by atoms with Gasteiger partial charge in [0.25, 0.3) is 0 Å². The Labute approximate surface area is 154 Å². The van der Waals surface area contributed by atoms with Crippen molar-refractivity contribution in [2.24, 2.45) is 5.92 Å². The molecule has 3 rings (SSSR count). The van der Waals surface area contributed by atoms with E-state index in [9.17, 15) is 0 Å². The lowest BCUT2D eigenvalue weighted by atomic mass is 9.77. The Bertz CT molecular complexity index is 479. The lowest BCUT2D eigenvalue weighted by Gasteiger charge is -2.31. The predicted octanol–water partition coefficient (Wildman–Crippen LogP) is 6.41. The Kier molecular flexibility index (Phi) is 7.36. The van der Waals surface area contributed by atoms with Gasteiger partial charge in [-0.25, -0.2) is 0 Å². The van der Waals surface area contributed by atoms with E-state index in [0.717, 1.165) is 31.3 Å². The fourth-order valence-corrected chi connectivity index (χ4v) is 4.48. The molecule has 140 valence electrons. The average Bonchev–Trinajstić information content (AvgIpc) is 2.68. The first-order valence-electron chi connectivity index (χ1n) is 10.6. The van der Waals surface area contributed by atoms with E-state index in [-0.39, 0.29) is 6.10 Å². The fraction of sp³-hybridized carbons (Fsp3) is 0.739. The quantitative estimate of drug-likeness (QED) is 0.569. The molecule has 25 heavy (non-hydrogen) atoms. The first-order chi connectivity index (χ1) is 12.3. The average molecular weight is 345 g/mol. The number of ether oxygens (including phenoxy) is 2. The molecule has 2 aliphatic rings. The second-order valence-corrected chi connectivity index (χ2v) is 8.09. The van der Waals surface area contributed by atoms with Crippen LogP contribution in [0.2, 0.25) is 0 Å². The van der Waals surface area contributed by atoms with E-state index < -0.39 is 0 Å². The highest BCUT2D eigenvalue weighted by Crippen LogP contribution is 2.38. The molecule has 0 radical (unpaired) electrons. The second-order valence-electron chi connectivity index (χ2n) is 8.09. The molecule has 0 spiro atoms. The van der Waals surface area contributed by atoms with E-state index >= 15 is 0 Å². The third-order valence-electron chi connectivity index (χ3n) is 6.17. The Balaban J connectivity index is 1.48. The van der Waals surface area contributed by atoms with Crippen molar-refractivity contribution in [3.8, 4) is 0 Å². The summed E-state index contributed by atoms with van der Waals surface area (Å²) in [6.45, 7) is 5.94. The molecule has 1 heterocycles. The maximum absolute atomic E-state index is 6.04. The zero-order chi connectivity index (χ0) is 17.5. The number of unbranched alkanes of at least 4 members (excludes halogenated alkanes) is 1. The van der Waals surface area contributed by atoms with Gasteiger partial charge in [0.2, 0.25) is 0 Å². The van der Waals surface area contributed by atoms with Gasteiger partial charge in [-0.1, -0.05) is 63.8 Å². The Morgan fingerprint density at radius 1 is 0.800 bits per heavy atom. The zero-order valence-electron chi connectivity index (χ0n) is 16.2. The first kappa shape index (κ1) is 18.9. The Morgan fingerprint density at radius 3 is 2.12 bits per heavy atom. The van der Waals surface area contributed by atoms with E-state index in [4.69, 9.17) is 9.47 Å². The van der Waals surface area contributed by atoms with Crippen LogP contribution in [-0.2, 0) is 9.47 Å². The number of rotatable bonds is 7. The second kappa shape index (κ2) is 9.73. The molecule has 0 unspecified atom stereocenters. The summed E-state index contributed by atoms with van der Waals surface area (Å²) in [4.78, 5) is 0. The summed E-state index contributed by atoms with van der Waals surface area (Å²) in [5.74, 6) is 1.75. The van der Waals surface area contributed by atoms with Crippen molar-refractivity contribution in [1.29, 1.82) is 0 Å². The first-order valence-corrected chi connectivity index (χ1v) is 10.6. The maximum Gasteiger partial charge on any atom is 0.106 e. The molecule has 1 aromatic rings. The van der Waals surface area contributed by atoms with E-state index in [1.54, 1.807) is 0 Å². The van der Waals surface area contributed by atoms with E-state index in [1.807, 2.05) is 0 Å². The molecule has 2 nitrogen and oxygen atoms in total. The molecule has 1 aliphatic carbocycles. The van der Waals surface area contributed by atoms with Crippen molar-refractivity contribution < 1.29 is 9.47 Å². The van der Waals surface area contributed by atoms with Crippen LogP contribution in [-0.4, -0.2) is 19.3 Å². The minimum atomic E-state index is 0.118. The van der Waals surface area contributed by atoms with Gasteiger partial charge in [0.1, 0.15) is 6.10 Å². The highest BCUT2D eigenvalue weighted by molar-refractivity contribution is 5.27. The molecule has 2 fully saturated rings. The van der Waals surface area contributed by atoms with Crippen LogP contribution in [0.15, 0.2) is 24.3 Å². The number of hydrogen-bond acceptors (Lipinski definition) is 2. The van der Waals surface area contributed by atoms with E-state index in [1.165, 1.54) is 56.1 Å². The van der Waals surface area contributed by atoms with Crippen LogP contribution in [0.1, 0.15) is 94.8 Å². The van der Waals surface area contributed by atoms with Crippen LogP contribution in [0, 0.1) is 5.92 Å². The molecule has 1 aliphatic heterocycles. The zero-order valence-corrected chi connectivity index (χ0v) is 16.2. The summed E-state index contributed by atoms with van der Waals surface area (Å²) in [6, 6.07) is 9.22. The predicted molar refractivity (Wildman–Crippen MR) is 104 cm³/mol. The molecule has 0 aromatic heterocycles. The molecule has 2 heteroatoms. The molecule has 2 atom stereocenters. The molecule has 0 N–H and O–H groups in total. The molecule has 1 saturated carbocycles. The summed E-state index contributed by atoms with van der Waals surface area (Å²) in [5, 5.41) is 0. The van der Waals surface area contributed by atoms with E-state index in [0.29, 0.717) is 12.7 Å². The lowest BCUT2D eigenvalue weighted by Crippen LogP contribution is -2.30. The largest absolute Gasteiger partial charge is 0.373 e. The SMILES string of the molecule is CCCCC1CCC(c2ccc([C@@H]3CO[C@@H](CCC)CO3)cc2)CC1. The van der Waals surface area contributed by atoms with Gasteiger partial charge in [0.15, 0.2) is 0 Å². The van der Waals surface area contributed by atoms with Crippen molar-refractivity contribution in [3.05, 3.63) is 35.4 Å². The van der Waals surface area contributed by atoms with E-state index in [2.05, 4.69) is 38.1 Å². The smallest absolute Gasteiger partial charge is 0.106 e. The monoisotopic (exact) mass is 344 g/mol. The van der Waals surface area contributed by atoms with Crippen molar-refractivity contribution in [3.63, 3.8) is 0 Å². The molecule has 1 saturated heterocycles. The number of benzene rings is 1. The molecule has 0 bridgehead atoms. The molecular weight excluding hydrogens is 308 g/mol. The number of hydrogen-bond donors (Lipinski definition) is 0. The lowest BCUT2D eigenvalue weighted by molar-refractivity contribution is -0.137. The molecular formula is C23H36O2. The van der Waals surface area contributed by atoms with Gasteiger partial charge < -0.3 is 9.47 Å². The van der Waals surface area contributed by atoms with Gasteiger partial charge in [-0.05, 0) is 55.1 Å². The van der Waals surface area contributed by atoms with Crippen LogP contribution in [0.25, 0.3) is 0 Å². The van der Waals surface area contributed by atoms with Crippen molar-refractivity contribution in [2.45, 2.75) is 89.8 Å². The third-order valence-corrected chi connectivity index (χ3v) is 6.17. The maximum atomic E-state index is 6.04. The molecule has 1 aromatic carbocycles. The van der Waals surface area contributed by atoms with Crippen LogP contribution >= 0.6 is 0 Å². The van der Waals surface area contributed by atoms with Crippen molar-refractivity contribution in [2.75, 3.05) is 13.2 Å². The van der Waals surface area contributed by atoms with Crippen LogP contribution in [0.5, 0.6) is 0 Å². The van der Waals surface area contributed by atoms with Gasteiger partial charge in [-0.2, -0.15) is 0 Å². The van der Waals surface area contributed by atoms with Crippen LogP contribution in [0.3, 0.4) is 0 Å². The van der Waals surface area contributed by atoms with Gasteiger partial charge in [-0.3, -0.25) is 0 Å². The van der Waals surface area contributed by atoms with Crippen molar-refractivity contribution in [1.82, 2.24) is 0 Å². The van der Waals surface area contributed by atoms with Crippen molar-refractivity contribution >= 4 is 0 Å². The summed E-state index contributed by atoms with van der Waals surface area (Å²) in [6.07, 6.45) is 12.5. The summed E-state index contributed by atoms with van der Waals surface area (Å²) < 4.78 is 12.0. The third kappa shape index (κ3) is 5.31. The normalized spacial score (nSPS) is 30.3. The fourth-order valence-electron chi connectivity index (χ4n) is 4.48. The highest BCUT2D eigenvalue weighted by Gasteiger charge is 2.24. The van der Waals surface area contributed by atoms with Gasteiger partial charge in [-0.15, -0.1) is 0 Å². The molecule has 0 amide bonds. The van der Waals surface area contributed by atoms with Crippen LogP contribution in [0.4, 0.5) is 0 Å². The van der Waals surface area contributed by atoms with Gasteiger partial charge in [0.05, 0.1) is 19.3 Å². The van der Waals surface area contributed by atoms with Crippen LogP contribution < -0.4 is 0 Å². The van der Waals surface area contributed by atoms with Gasteiger partial charge in [0, 0.05) is 0 Å². The summed E-state index contributed by atoms with van der Waals surface area (Å²) in [5.41, 5.74) is 2.80. The Morgan fingerprint density at radius 2 is 1.52 bits per heavy atom. The minimum Gasteiger partial charge on any atom is -0.373 e. The minimum absolute atomic E-state index is 0.118. The highest BCUT2D eigenvalue weighted by atomic mass is 16.6. The topological polar surface area (TPSA) is 18.5 Å². The summed E-state index contributed by atoms with van der Waals surface area (Å²) in [7, 11) is 0. The Hall–Kier alpha value is -0.860. The standard InChI is InChI=1S/C23H36O2/c1-3-5-7-18-8-10-19(11-9-18)20-12-14-21(15-13-20)23-17-24-22(6-4-2)16-25-23/h12-15,18-19,22-23H,3-11,16-17H2,1-2H3/t18?,19?,22-,23-/m0/s1. The van der Waals surface area contributed by atoms with Gasteiger partial charge >= 0.3 is 0 Å².